The number of hydrogen-bond acceptors (Lipinski definition) is 2. The highest BCUT2D eigenvalue weighted by molar-refractivity contribution is 5.85. The predicted molar refractivity (Wildman–Crippen MR) is 34.4 cm³/mol. The number of hydrogen-bond donors (Lipinski definition) is 1. The molecule has 0 unspecified atom stereocenters. The molecule has 0 bridgehead atoms. The van der Waals surface area contributed by atoms with Gasteiger partial charge in [0.25, 0.3) is 0 Å². The molecule has 0 aromatic rings. The normalized spacial score (nSPS) is 19.8. The molecule has 48 valence electrons. The van der Waals surface area contributed by atoms with E-state index in [2.05, 4.69) is 5.32 Å². The molecule has 0 aliphatic carbocycles. The average molecular weight is 136 g/mol. The van der Waals surface area contributed by atoms with Gasteiger partial charge in [-0.15, -0.1) is 12.4 Å². The number of rotatable bonds is 0. The SMILES string of the molecule is Cl.O=C1CCCNC1. The fourth-order valence-corrected chi connectivity index (χ4v) is 0.727. The Morgan fingerprint density at radius 3 is 2.50 bits per heavy atom. The number of piperidine rings is 1. The molecule has 1 aliphatic rings. The van der Waals surface area contributed by atoms with Gasteiger partial charge >= 0.3 is 0 Å². The van der Waals surface area contributed by atoms with Crippen LogP contribution in [0, 0.1) is 0 Å². The van der Waals surface area contributed by atoms with Crippen molar-refractivity contribution in [1.29, 1.82) is 0 Å². The molecule has 1 saturated heterocycles. The summed E-state index contributed by atoms with van der Waals surface area (Å²) in [5, 5.41) is 2.98. The summed E-state index contributed by atoms with van der Waals surface area (Å²) < 4.78 is 0. The van der Waals surface area contributed by atoms with Crippen molar-refractivity contribution in [2.24, 2.45) is 0 Å². The first-order valence-electron chi connectivity index (χ1n) is 2.62. The molecule has 0 spiro atoms. The van der Waals surface area contributed by atoms with Gasteiger partial charge in [0, 0.05) is 6.42 Å². The second-order valence-corrected chi connectivity index (χ2v) is 1.82. The number of nitrogens with one attached hydrogen (secondary N) is 1. The lowest BCUT2D eigenvalue weighted by Crippen LogP contribution is -2.29. The molecular formula is C5H10ClNO. The Hall–Kier alpha value is -0.0800. The van der Waals surface area contributed by atoms with E-state index < -0.39 is 0 Å². The Bertz CT molecular complexity index is 76.5. The first kappa shape index (κ1) is 7.92. The molecule has 0 radical (unpaired) electrons. The monoisotopic (exact) mass is 135 g/mol. The van der Waals surface area contributed by atoms with E-state index in [1.807, 2.05) is 0 Å². The van der Waals surface area contributed by atoms with E-state index in [0.717, 1.165) is 19.4 Å². The van der Waals surface area contributed by atoms with Gasteiger partial charge in [0.1, 0.15) is 5.78 Å². The quantitative estimate of drug-likeness (QED) is 0.520. The minimum Gasteiger partial charge on any atom is -0.310 e. The number of carbonyl (C=O) groups excluding carboxylic acids is 1. The van der Waals surface area contributed by atoms with Crippen LogP contribution in [-0.2, 0) is 4.79 Å². The standard InChI is InChI=1S/C5H9NO.ClH/c7-5-2-1-3-6-4-5;/h6H,1-4H2;1H. The first-order chi connectivity index (χ1) is 3.39. The molecule has 2 nitrogen and oxygen atoms in total. The average Bonchev–Trinajstić information content (AvgIpc) is 1.69. The fourth-order valence-electron chi connectivity index (χ4n) is 0.727. The summed E-state index contributed by atoms with van der Waals surface area (Å²) in [4.78, 5) is 10.4. The van der Waals surface area contributed by atoms with Crippen LogP contribution in [0.3, 0.4) is 0 Å². The third-order valence-corrected chi connectivity index (χ3v) is 1.13. The van der Waals surface area contributed by atoms with Gasteiger partial charge in [-0.05, 0) is 13.0 Å². The van der Waals surface area contributed by atoms with E-state index in [4.69, 9.17) is 0 Å². The molecule has 1 heterocycles. The number of carbonyl (C=O) groups is 1. The van der Waals surface area contributed by atoms with Crippen molar-refractivity contribution in [2.75, 3.05) is 13.1 Å². The van der Waals surface area contributed by atoms with Crippen molar-refractivity contribution in [3.63, 3.8) is 0 Å². The predicted octanol–water partition coefficient (Wildman–Crippen LogP) is 0.361. The summed E-state index contributed by atoms with van der Waals surface area (Å²) >= 11 is 0. The Morgan fingerprint density at radius 1 is 1.50 bits per heavy atom. The van der Waals surface area contributed by atoms with Gasteiger partial charge in [-0.2, -0.15) is 0 Å². The van der Waals surface area contributed by atoms with Crippen molar-refractivity contribution in [3.8, 4) is 0 Å². The van der Waals surface area contributed by atoms with Gasteiger partial charge in [-0.3, -0.25) is 4.79 Å². The minimum atomic E-state index is 0. The van der Waals surface area contributed by atoms with Crippen molar-refractivity contribution in [2.45, 2.75) is 12.8 Å². The van der Waals surface area contributed by atoms with Gasteiger partial charge in [0.05, 0.1) is 6.54 Å². The largest absolute Gasteiger partial charge is 0.310 e. The summed E-state index contributed by atoms with van der Waals surface area (Å²) in [6.07, 6.45) is 1.81. The molecule has 0 saturated carbocycles. The van der Waals surface area contributed by atoms with E-state index in [1.54, 1.807) is 0 Å². The molecule has 0 aromatic heterocycles. The number of Topliss-reactive ketones (excluding diaryl/α,β-unsaturated/α-hetero) is 1. The van der Waals surface area contributed by atoms with Crippen LogP contribution in [0.25, 0.3) is 0 Å². The van der Waals surface area contributed by atoms with Crippen LogP contribution in [0.2, 0.25) is 0 Å². The number of ketones is 1. The van der Waals surface area contributed by atoms with Crippen molar-refractivity contribution in [3.05, 3.63) is 0 Å². The molecule has 3 heteroatoms. The molecule has 0 atom stereocenters. The molecule has 1 rings (SSSR count). The van der Waals surface area contributed by atoms with E-state index in [1.165, 1.54) is 0 Å². The molecule has 8 heavy (non-hydrogen) atoms. The lowest BCUT2D eigenvalue weighted by atomic mass is 10.1. The highest BCUT2D eigenvalue weighted by atomic mass is 35.5. The van der Waals surface area contributed by atoms with Crippen LogP contribution in [0.4, 0.5) is 0 Å². The maximum atomic E-state index is 10.4. The highest BCUT2D eigenvalue weighted by Gasteiger charge is 2.04. The van der Waals surface area contributed by atoms with Crippen LogP contribution in [0.15, 0.2) is 0 Å². The van der Waals surface area contributed by atoms with Crippen LogP contribution >= 0.6 is 12.4 Å². The second kappa shape index (κ2) is 3.87. The summed E-state index contributed by atoms with van der Waals surface area (Å²) in [5.41, 5.74) is 0. The van der Waals surface area contributed by atoms with Crippen molar-refractivity contribution < 1.29 is 4.79 Å². The maximum Gasteiger partial charge on any atom is 0.146 e. The molecule has 1 fully saturated rings. The van der Waals surface area contributed by atoms with Crippen LogP contribution in [0.5, 0.6) is 0 Å². The Morgan fingerprint density at radius 2 is 2.25 bits per heavy atom. The van der Waals surface area contributed by atoms with Crippen molar-refractivity contribution >= 4 is 18.2 Å². The van der Waals surface area contributed by atoms with Gasteiger partial charge in [0.2, 0.25) is 0 Å². The summed E-state index contributed by atoms with van der Waals surface area (Å²) in [7, 11) is 0. The highest BCUT2D eigenvalue weighted by Crippen LogP contribution is 1.92. The topological polar surface area (TPSA) is 29.1 Å². The van der Waals surface area contributed by atoms with Gasteiger partial charge < -0.3 is 5.32 Å². The number of halogens is 1. The lowest BCUT2D eigenvalue weighted by Gasteiger charge is -2.08. The third-order valence-electron chi connectivity index (χ3n) is 1.13. The zero-order valence-corrected chi connectivity index (χ0v) is 5.46. The molecule has 1 N–H and O–H groups in total. The van der Waals surface area contributed by atoms with E-state index in [0.29, 0.717) is 12.3 Å². The third kappa shape index (κ3) is 2.28. The van der Waals surface area contributed by atoms with E-state index in [-0.39, 0.29) is 12.4 Å². The van der Waals surface area contributed by atoms with Crippen LogP contribution in [-0.4, -0.2) is 18.9 Å². The Labute approximate surface area is 55.1 Å². The molecule has 1 aliphatic heterocycles. The van der Waals surface area contributed by atoms with Crippen LogP contribution in [0.1, 0.15) is 12.8 Å². The van der Waals surface area contributed by atoms with E-state index >= 15 is 0 Å². The van der Waals surface area contributed by atoms with Crippen LogP contribution < -0.4 is 5.32 Å². The second-order valence-electron chi connectivity index (χ2n) is 1.82. The summed E-state index contributed by atoms with van der Waals surface area (Å²) in [6, 6.07) is 0. The zero-order chi connectivity index (χ0) is 5.11. The summed E-state index contributed by atoms with van der Waals surface area (Å²) in [5.74, 6) is 0.353. The summed E-state index contributed by atoms with van der Waals surface area (Å²) in [6.45, 7) is 1.62. The molecule has 0 aromatic carbocycles. The smallest absolute Gasteiger partial charge is 0.146 e. The van der Waals surface area contributed by atoms with Gasteiger partial charge in [0.15, 0.2) is 0 Å². The first-order valence-corrected chi connectivity index (χ1v) is 2.62. The Balaban J connectivity index is 0.000000490. The molecular weight excluding hydrogens is 126 g/mol. The zero-order valence-electron chi connectivity index (χ0n) is 4.64. The van der Waals surface area contributed by atoms with E-state index in [9.17, 15) is 4.79 Å². The van der Waals surface area contributed by atoms with Gasteiger partial charge in [-0.1, -0.05) is 0 Å². The van der Waals surface area contributed by atoms with Gasteiger partial charge in [-0.25, -0.2) is 0 Å². The van der Waals surface area contributed by atoms with Crippen molar-refractivity contribution in [1.82, 2.24) is 5.32 Å². The lowest BCUT2D eigenvalue weighted by molar-refractivity contribution is -0.119. The minimum absolute atomic E-state index is 0. The Kier molecular flexibility index (Phi) is 3.83. The molecule has 0 amide bonds. The maximum absolute atomic E-state index is 10.4. The fraction of sp³-hybridized carbons (Fsp3) is 0.800.